The molecule has 2 amide bonds. The third-order valence-corrected chi connectivity index (χ3v) is 5.32. The highest BCUT2D eigenvalue weighted by Crippen LogP contribution is 2.29. The highest BCUT2D eigenvalue weighted by atomic mass is 35.5. The van der Waals surface area contributed by atoms with Gasteiger partial charge in [0.25, 0.3) is 11.8 Å². The molecule has 8 heteroatoms. The van der Waals surface area contributed by atoms with Crippen molar-refractivity contribution in [2.75, 3.05) is 10.6 Å². The molecule has 2 aromatic carbocycles. The van der Waals surface area contributed by atoms with E-state index in [-0.39, 0.29) is 16.5 Å². The van der Waals surface area contributed by atoms with Crippen LogP contribution in [0, 0.1) is 12.7 Å². The maximum atomic E-state index is 13.1. The number of benzene rings is 2. The van der Waals surface area contributed by atoms with Gasteiger partial charge < -0.3 is 10.6 Å². The first kappa shape index (κ1) is 19.4. The number of halogens is 3. The molecule has 3 rings (SSSR count). The lowest BCUT2D eigenvalue weighted by Gasteiger charge is -2.05. The SMILES string of the molecule is Cc1cc(NC(=O)c2ccc(F)cc2Cl)sc1C(=O)Nc1cccc(Cl)c1. The molecule has 0 spiro atoms. The molecule has 0 saturated carbocycles. The van der Waals surface area contributed by atoms with Crippen LogP contribution in [0.25, 0.3) is 0 Å². The Labute approximate surface area is 168 Å². The number of rotatable bonds is 4. The van der Waals surface area contributed by atoms with Crippen molar-refractivity contribution in [3.63, 3.8) is 0 Å². The summed E-state index contributed by atoms with van der Waals surface area (Å²) in [5.41, 5.74) is 1.43. The lowest BCUT2D eigenvalue weighted by Crippen LogP contribution is -2.12. The fraction of sp³-hybridized carbons (Fsp3) is 0.0526. The average Bonchev–Trinajstić information content (AvgIpc) is 2.95. The van der Waals surface area contributed by atoms with E-state index in [9.17, 15) is 14.0 Å². The number of anilines is 2. The van der Waals surface area contributed by atoms with Crippen LogP contribution in [0.5, 0.6) is 0 Å². The second kappa shape index (κ2) is 8.08. The summed E-state index contributed by atoms with van der Waals surface area (Å²) >= 11 is 13.0. The van der Waals surface area contributed by atoms with Crippen molar-refractivity contribution in [2.45, 2.75) is 6.92 Å². The van der Waals surface area contributed by atoms with Crippen molar-refractivity contribution in [3.05, 3.63) is 80.4 Å². The number of thiophene rings is 1. The Bertz CT molecular complexity index is 1040. The van der Waals surface area contributed by atoms with E-state index in [1.807, 2.05) is 0 Å². The summed E-state index contributed by atoms with van der Waals surface area (Å²) in [5.74, 6) is -1.31. The zero-order valence-electron chi connectivity index (χ0n) is 14.0. The van der Waals surface area contributed by atoms with E-state index in [0.717, 1.165) is 23.5 Å². The number of hydrogen-bond donors (Lipinski definition) is 2. The quantitative estimate of drug-likeness (QED) is 0.540. The van der Waals surface area contributed by atoms with Gasteiger partial charge in [-0.15, -0.1) is 11.3 Å². The van der Waals surface area contributed by atoms with Gasteiger partial charge in [0, 0.05) is 10.7 Å². The first-order valence-electron chi connectivity index (χ1n) is 7.77. The minimum absolute atomic E-state index is 0.0136. The van der Waals surface area contributed by atoms with Crippen LogP contribution in [0.1, 0.15) is 25.6 Å². The Morgan fingerprint density at radius 1 is 1.00 bits per heavy atom. The van der Waals surface area contributed by atoms with Crippen molar-refractivity contribution >= 4 is 57.0 Å². The van der Waals surface area contributed by atoms with Gasteiger partial charge in [-0.3, -0.25) is 9.59 Å². The van der Waals surface area contributed by atoms with Gasteiger partial charge >= 0.3 is 0 Å². The maximum absolute atomic E-state index is 13.1. The van der Waals surface area contributed by atoms with Crippen LogP contribution in [0.15, 0.2) is 48.5 Å². The zero-order valence-corrected chi connectivity index (χ0v) is 16.3. The molecule has 1 aromatic heterocycles. The topological polar surface area (TPSA) is 58.2 Å². The van der Waals surface area contributed by atoms with Crippen LogP contribution in [-0.2, 0) is 0 Å². The van der Waals surface area contributed by atoms with Crippen molar-refractivity contribution in [3.8, 4) is 0 Å². The molecule has 0 atom stereocenters. The van der Waals surface area contributed by atoms with Crippen LogP contribution in [-0.4, -0.2) is 11.8 Å². The van der Waals surface area contributed by atoms with Gasteiger partial charge in [-0.25, -0.2) is 4.39 Å². The van der Waals surface area contributed by atoms with Gasteiger partial charge in [0.1, 0.15) is 5.82 Å². The number of carbonyl (C=O) groups is 2. The van der Waals surface area contributed by atoms with Crippen LogP contribution in [0.4, 0.5) is 15.1 Å². The number of aryl methyl sites for hydroxylation is 1. The van der Waals surface area contributed by atoms with Crippen molar-refractivity contribution < 1.29 is 14.0 Å². The molecule has 138 valence electrons. The Hall–Kier alpha value is -2.41. The van der Waals surface area contributed by atoms with Crippen LogP contribution in [0.3, 0.4) is 0 Å². The fourth-order valence-electron chi connectivity index (χ4n) is 2.38. The summed E-state index contributed by atoms with van der Waals surface area (Å²) in [6.07, 6.45) is 0. The third-order valence-electron chi connectivity index (χ3n) is 3.62. The minimum atomic E-state index is -0.525. The highest BCUT2D eigenvalue weighted by molar-refractivity contribution is 7.18. The Kier molecular flexibility index (Phi) is 5.79. The van der Waals surface area contributed by atoms with Gasteiger partial charge in [0.2, 0.25) is 0 Å². The van der Waals surface area contributed by atoms with Crippen molar-refractivity contribution in [2.24, 2.45) is 0 Å². The summed E-state index contributed by atoms with van der Waals surface area (Å²) in [5, 5.41) is 6.45. The van der Waals surface area contributed by atoms with E-state index in [4.69, 9.17) is 23.2 Å². The molecule has 3 aromatic rings. The summed E-state index contributed by atoms with van der Waals surface area (Å²) in [7, 11) is 0. The lowest BCUT2D eigenvalue weighted by molar-refractivity contribution is 0.102. The first-order chi connectivity index (χ1) is 12.8. The second-order valence-corrected chi connectivity index (χ2v) is 7.56. The normalized spacial score (nSPS) is 10.5. The van der Waals surface area contributed by atoms with Crippen molar-refractivity contribution in [1.29, 1.82) is 0 Å². The van der Waals surface area contributed by atoms with E-state index in [1.54, 1.807) is 37.3 Å². The average molecular weight is 423 g/mol. The van der Waals surface area contributed by atoms with Crippen LogP contribution < -0.4 is 10.6 Å². The molecule has 0 bridgehead atoms. The summed E-state index contributed by atoms with van der Waals surface area (Å²) < 4.78 is 13.1. The number of carbonyl (C=O) groups excluding carboxylic acids is 2. The molecule has 1 heterocycles. The molecular formula is C19H13Cl2FN2O2S. The van der Waals surface area contributed by atoms with E-state index < -0.39 is 11.7 Å². The number of amides is 2. The van der Waals surface area contributed by atoms with Crippen LogP contribution >= 0.6 is 34.5 Å². The van der Waals surface area contributed by atoms with Gasteiger partial charge in [-0.2, -0.15) is 0 Å². The van der Waals surface area contributed by atoms with Gasteiger partial charge in [0.05, 0.1) is 20.5 Å². The van der Waals surface area contributed by atoms with Gasteiger partial charge in [-0.1, -0.05) is 29.3 Å². The molecule has 4 nitrogen and oxygen atoms in total. The van der Waals surface area contributed by atoms with Gasteiger partial charge in [-0.05, 0) is 55.0 Å². The van der Waals surface area contributed by atoms with E-state index in [1.165, 1.54) is 6.07 Å². The third kappa shape index (κ3) is 4.66. The maximum Gasteiger partial charge on any atom is 0.266 e. The number of nitrogens with one attached hydrogen (secondary N) is 2. The Morgan fingerprint density at radius 3 is 2.48 bits per heavy atom. The summed E-state index contributed by atoms with van der Waals surface area (Å²) in [4.78, 5) is 25.3. The Morgan fingerprint density at radius 2 is 1.78 bits per heavy atom. The fourth-order valence-corrected chi connectivity index (χ4v) is 3.78. The predicted octanol–water partition coefficient (Wildman–Crippen LogP) is 6.01. The van der Waals surface area contributed by atoms with Gasteiger partial charge in [0.15, 0.2) is 0 Å². The molecule has 0 aliphatic rings. The Balaban J connectivity index is 1.75. The molecule has 0 radical (unpaired) electrons. The molecule has 0 unspecified atom stereocenters. The zero-order chi connectivity index (χ0) is 19.6. The monoisotopic (exact) mass is 422 g/mol. The molecule has 0 saturated heterocycles. The first-order valence-corrected chi connectivity index (χ1v) is 9.34. The minimum Gasteiger partial charge on any atom is -0.321 e. The molecule has 2 N–H and O–H groups in total. The van der Waals surface area contributed by atoms with E-state index in [2.05, 4.69) is 10.6 Å². The molecule has 0 aliphatic heterocycles. The predicted molar refractivity (Wildman–Crippen MR) is 108 cm³/mol. The smallest absolute Gasteiger partial charge is 0.266 e. The molecule has 27 heavy (non-hydrogen) atoms. The second-order valence-electron chi connectivity index (χ2n) is 5.67. The molecule has 0 fully saturated rings. The highest BCUT2D eigenvalue weighted by Gasteiger charge is 2.17. The standard InChI is InChI=1S/C19H13Cl2FN2O2S/c1-10-7-16(24-18(25)14-6-5-12(22)9-15(14)21)27-17(10)19(26)23-13-4-2-3-11(20)8-13/h2-9H,1H3,(H,23,26)(H,24,25). The largest absolute Gasteiger partial charge is 0.321 e. The van der Waals surface area contributed by atoms with Crippen molar-refractivity contribution in [1.82, 2.24) is 0 Å². The van der Waals surface area contributed by atoms with E-state index in [0.29, 0.717) is 26.2 Å². The van der Waals surface area contributed by atoms with Crippen LogP contribution in [0.2, 0.25) is 10.0 Å². The number of hydrogen-bond acceptors (Lipinski definition) is 3. The van der Waals surface area contributed by atoms with E-state index >= 15 is 0 Å². The summed E-state index contributed by atoms with van der Waals surface area (Å²) in [6.45, 7) is 1.77. The molecule has 0 aliphatic carbocycles. The lowest BCUT2D eigenvalue weighted by atomic mass is 10.2. The summed E-state index contributed by atoms with van der Waals surface area (Å²) in [6, 6.07) is 12.0. The molecular weight excluding hydrogens is 410 g/mol.